The Hall–Kier alpha value is -2.05. The number of rotatable bonds is 2. The maximum Gasteiger partial charge on any atom is 0.433 e. The van der Waals surface area contributed by atoms with Gasteiger partial charge < -0.3 is 9.88 Å². The zero-order chi connectivity index (χ0) is 12.5. The van der Waals surface area contributed by atoms with Crippen molar-refractivity contribution in [3.63, 3.8) is 0 Å². The van der Waals surface area contributed by atoms with Gasteiger partial charge in [0, 0.05) is 19.4 Å². The topological polar surface area (TPSA) is 42.7 Å². The van der Waals surface area contributed by atoms with Gasteiger partial charge in [0.2, 0.25) is 5.95 Å². The minimum atomic E-state index is -4.41. The lowest BCUT2D eigenvalue weighted by atomic mass is 10.3. The van der Waals surface area contributed by atoms with Crippen molar-refractivity contribution in [1.82, 2.24) is 14.5 Å². The van der Waals surface area contributed by atoms with Gasteiger partial charge >= 0.3 is 6.18 Å². The Morgan fingerprint density at radius 1 is 1.24 bits per heavy atom. The smallest absolute Gasteiger partial charge is 0.324 e. The molecule has 4 nitrogen and oxygen atoms in total. The zero-order valence-electron chi connectivity index (χ0n) is 8.86. The van der Waals surface area contributed by atoms with Gasteiger partial charge in [-0.05, 0) is 12.1 Å². The van der Waals surface area contributed by atoms with Crippen LogP contribution in [0, 0.1) is 0 Å². The molecule has 2 aromatic heterocycles. The van der Waals surface area contributed by atoms with E-state index in [-0.39, 0.29) is 0 Å². The number of aryl methyl sites for hydroxylation is 1. The molecule has 0 radical (unpaired) electrons. The lowest BCUT2D eigenvalue weighted by Gasteiger charge is -2.08. The van der Waals surface area contributed by atoms with Crippen molar-refractivity contribution in [3.8, 4) is 0 Å². The molecule has 0 saturated heterocycles. The van der Waals surface area contributed by atoms with Gasteiger partial charge in [-0.3, -0.25) is 0 Å². The quantitative estimate of drug-likeness (QED) is 0.880. The van der Waals surface area contributed by atoms with Crippen LogP contribution in [0.2, 0.25) is 0 Å². The van der Waals surface area contributed by atoms with Crippen molar-refractivity contribution in [2.24, 2.45) is 7.05 Å². The lowest BCUT2D eigenvalue weighted by molar-refractivity contribution is -0.141. The summed E-state index contributed by atoms with van der Waals surface area (Å²) < 4.78 is 38.5. The largest absolute Gasteiger partial charge is 0.433 e. The maximum absolute atomic E-state index is 12.3. The third kappa shape index (κ3) is 2.55. The van der Waals surface area contributed by atoms with E-state index in [4.69, 9.17) is 0 Å². The summed E-state index contributed by atoms with van der Waals surface area (Å²) in [6.07, 6.45) is 0.0128. The van der Waals surface area contributed by atoms with Crippen LogP contribution in [0.25, 0.3) is 0 Å². The standard InChI is InChI=1S/C10H9F3N4/c1-17-5-4-14-9(17)16-7-2-3-8(15-6-7)10(11,12)13/h2-6H,1H3,(H,14,16). The van der Waals surface area contributed by atoms with Gasteiger partial charge in [-0.15, -0.1) is 0 Å². The van der Waals surface area contributed by atoms with Crippen LogP contribution in [0.1, 0.15) is 5.69 Å². The first kappa shape index (κ1) is 11.4. The van der Waals surface area contributed by atoms with Gasteiger partial charge in [0.05, 0.1) is 11.9 Å². The van der Waals surface area contributed by atoms with Crippen molar-refractivity contribution in [2.45, 2.75) is 6.18 Å². The molecule has 2 heterocycles. The van der Waals surface area contributed by atoms with Crippen molar-refractivity contribution in [3.05, 3.63) is 36.4 Å². The summed E-state index contributed by atoms with van der Waals surface area (Å²) in [5, 5.41) is 2.85. The summed E-state index contributed by atoms with van der Waals surface area (Å²) in [6.45, 7) is 0. The molecule has 1 N–H and O–H groups in total. The minimum absolute atomic E-state index is 0.451. The van der Waals surface area contributed by atoms with Crippen LogP contribution >= 0.6 is 0 Å². The average molecular weight is 242 g/mol. The SMILES string of the molecule is Cn1ccnc1Nc1ccc(C(F)(F)F)nc1. The van der Waals surface area contributed by atoms with E-state index in [9.17, 15) is 13.2 Å². The molecule has 2 rings (SSSR count). The molecule has 90 valence electrons. The molecule has 0 aromatic carbocycles. The minimum Gasteiger partial charge on any atom is -0.324 e. The number of nitrogens with one attached hydrogen (secondary N) is 1. The Morgan fingerprint density at radius 2 is 2.00 bits per heavy atom. The lowest BCUT2D eigenvalue weighted by Crippen LogP contribution is -2.08. The monoisotopic (exact) mass is 242 g/mol. The number of pyridine rings is 1. The average Bonchev–Trinajstić information content (AvgIpc) is 2.64. The van der Waals surface area contributed by atoms with Gasteiger partial charge in [0.1, 0.15) is 5.69 Å². The third-order valence-corrected chi connectivity index (χ3v) is 2.13. The van der Waals surface area contributed by atoms with E-state index in [2.05, 4.69) is 15.3 Å². The Kier molecular flexibility index (Phi) is 2.74. The number of nitrogens with zero attached hydrogens (tertiary/aromatic N) is 3. The first-order valence-electron chi connectivity index (χ1n) is 4.74. The Balaban J connectivity index is 2.17. The summed E-state index contributed by atoms with van der Waals surface area (Å²) >= 11 is 0. The molecule has 0 aliphatic rings. The van der Waals surface area contributed by atoms with E-state index >= 15 is 0 Å². The molecule has 2 aromatic rings. The predicted molar refractivity (Wildman–Crippen MR) is 55.7 cm³/mol. The van der Waals surface area contributed by atoms with Crippen LogP contribution in [-0.2, 0) is 13.2 Å². The molecule has 0 spiro atoms. The second kappa shape index (κ2) is 4.08. The van der Waals surface area contributed by atoms with Gasteiger partial charge in [0.15, 0.2) is 0 Å². The van der Waals surface area contributed by atoms with E-state index in [0.717, 1.165) is 12.3 Å². The number of aromatic nitrogens is 3. The van der Waals surface area contributed by atoms with E-state index in [0.29, 0.717) is 11.6 Å². The van der Waals surface area contributed by atoms with Crippen molar-refractivity contribution < 1.29 is 13.2 Å². The van der Waals surface area contributed by atoms with Crippen LogP contribution in [0.4, 0.5) is 24.8 Å². The molecular formula is C10H9F3N4. The first-order valence-corrected chi connectivity index (χ1v) is 4.74. The fraction of sp³-hybridized carbons (Fsp3) is 0.200. The Morgan fingerprint density at radius 3 is 2.47 bits per heavy atom. The normalized spacial score (nSPS) is 11.5. The fourth-order valence-corrected chi connectivity index (χ4v) is 1.25. The van der Waals surface area contributed by atoms with Crippen molar-refractivity contribution in [1.29, 1.82) is 0 Å². The molecule has 0 fully saturated rings. The summed E-state index contributed by atoms with van der Waals surface area (Å²) in [5.74, 6) is 0.534. The molecule has 0 saturated carbocycles. The molecule has 0 amide bonds. The molecule has 0 aliphatic carbocycles. The van der Waals surface area contributed by atoms with Crippen LogP contribution in [0.3, 0.4) is 0 Å². The molecule has 0 atom stereocenters. The van der Waals surface area contributed by atoms with Crippen molar-refractivity contribution in [2.75, 3.05) is 5.32 Å². The summed E-state index contributed by atoms with van der Waals surface area (Å²) in [6, 6.07) is 2.23. The van der Waals surface area contributed by atoms with Crippen LogP contribution in [0.15, 0.2) is 30.7 Å². The van der Waals surface area contributed by atoms with Crippen molar-refractivity contribution >= 4 is 11.6 Å². The van der Waals surface area contributed by atoms with Gasteiger partial charge in [-0.25, -0.2) is 9.97 Å². The zero-order valence-corrected chi connectivity index (χ0v) is 8.86. The second-order valence-electron chi connectivity index (χ2n) is 3.42. The number of hydrogen-bond donors (Lipinski definition) is 1. The Bertz CT molecular complexity index is 501. The maximum atomic E-state index is 12.3. The highest BCUT2D eigenvalue weighted by Gasteiger charge is 2.31. The van der Waals surface area contributed by atoms with E-state index in [1.807, 2.05) is 0 Å². The highest BCUT2D eigenvalue weighted by atomic mass is 19.4. The second-order valence-corrected chi connectivity index (χ2v) is 3.42. The van der Waals surface area contributed by atoms with Gasteiger partial charge in [0.25, 0.3) is 0 Å². The Labute approximate surface area is 95.1 Å². The van der Waals surface area contributed by atoms with E-state index < -0.39 is 11.9 Å². The van der Waals surface area contributed by atoms with E-state index in [1.165, 1.54) is 6.07 Å². The summed E-state index contributed by atoms with van der Waals surface area (Å²) in [4.78, 5) is 7.32. The highest BCUT2D eigenvalue weighted by molar-refractivity contribution is 5.52. The van der Waals surface area contributed by atoms with Gasteiger partial charge in [-0.2, -0.15) is 13.2 Å². The number of imidazole rings is 1. The predicted octanol–water partition coefficient (Wildman–Crippen LogP) is 2.58. The van der Waals surface area contributed by atoms with E-state index in [1.54, 1.807) is 24.0 Å². The highest BCUT2D eigenvalue weighted by Crippen LogP contribution is 2.28. The fourth-order valence-electron chi connectivity index (χ4n) is 1.25. The van der Waals surface area contributed by atoms with Gasteiger partial charge in [-0.1, -0.05) is 0 Å². The van der Waals surface area contributed by atoms with Crippen LogP contribution in [-0.4, -0.2) is 14.5 Å². The summed E-state index contributed by atoms with van der Waals surface area (Å²) in [5.41, 5.74) is -0.463. The third-order valence-electron chi connectivity index (χ3n) is 2.13. The molecule has 7 heteroatoms. The number of hydrogen-bond acceptors (Lipinski definition) is 3. The van der Waals surface area contributed by atoms with Crippen LogP contribution in [0.5, 0.6) is 0 Å². The number of alkyl halides is 3. The summed E-state index contributed by atoms with van der Waals surface area (Å²) in [7, 11) is 1.77. The molecular weight excluding hydrogens is 233 g/mol. The molecule has 0 aliphatic heterocycles. The number of halogens is 3. The number of anilines is 2. The molecule has 0 bridgehead atoms. The van der Waals surface area contributed by atoms with Crippen LogP contribution < -0.4 is 5.32 Å². The molecule has 17 heavy (non-hydrogen) atoms. The first-order chi connectivity index (χ1) is 7.97. The molecule has 0 unspecified atom stereocenters.